The van der Waals surface area contributed by atoms with Crippen LogP contribution in [0.2, 0.25) is 0 Å². The standard InChI is InChI=1S/C2H7NO2.2C2H4O2.Zn/c4-2-1-3-5;2*1-2(3)4;/h3-5H,1-2H2;2*1H3,(H,3,4);. The van der Waals surface area contributed by atoms with E-state index in [0.29, 0.717) is 0 Å². The Bertz CT molecular complexity index is 109. The van der Waals surface area contributed by atoms with E-state index in [1.54, 1.807) is 5.48 Å². The number of carboxylic acid groups (broad SMARTS) is 2. The number of carboxylic acids is 2. The van der Waals surface area contributed by atoms with Crippen LogP contribution in [0.15, 0.2) is 0 Å². The molecule has 7 nitrogen and oxygen atoms in total. The zero-order valence-electron chi connectivity index (χ0n) is 8.23. The molecule has 0 atom stereocenters. The summed E-state index contributed by atoms with van der Waals surface area (Å²) in [6.45, 7) is 2.40. The van der Waals surface area contributed by atoms with E-state index in [1.165, 1.54) is 0 Å². The van der Waals surface area contributed by atoms with E-state index in [4.69, 9.17) is 30.1 Å². The van der Waals surface area contributed by atoms with Crippen molar-refractivity contribution in [2.75, 3.05) is 13.2 Å². The van der Waals surface area contributed by atoms with Crippen LogP contribution in [-0.4, -0.2) is 45.6 Å². The molecule has 5 N–H and O–H groups in total. The van der Waals surface area contributed by atoms with E-state index in [2.05, 4.69) is 0 Å². The fourth-order valence-electron chi connectivity index (χ4n) is 0.0500. The van der Waals surface area contributed by atoms with Gasteiger partial charge in [0.15, 0.2) is 0 Å². The molecule has 8 heteroatoms. The molecule has 0 fully saturated rings. The minimum absolute atomic E-state index is 0. The first-order valence-corrected chi connectivity index (χ1v) is 3.25. The molecule has 14 heavy (non-hydrogen) atoms. The van der Waals surface area contributed by atoms with E-state index < -0.39 is 11.9 Å². The largest absolute Gasteiger partial charge is 0.481 e. The second-order valence-corrected chi connectivity index (χ2v) is 1.67. The molecule has 0 heterocycles. The van der Waals surface area contributed by atoms with Crippen molar-refractivity contribution in [2.24, 2.45) is 0 Å². The van der Waals surface area contributed by atoms with Crippen molar-refractivity contribution in [1.29, 1.82) is 0 Å². The molecule has 0 aliphatic carbocycles. The number of nitrogens with one attached hydrogen (secondary N) is 1. The predicted octanol–water partition coefficient (Wildman–Crippen LogP) is -0.863. The number of carbonyl (C=O) groups is 2. The monoisotopic (exact) mass is 261 g/mol. The van der Waals surface area contributed by atoms with Crippen LogP contribution in [0.4, 0.5) is 0 Å². The summed E-state index contributed by atoms with van der Waals surface area (Å²) in [6.07, 6.45) is 0. The van der Waals surface area contributed by atoms with Gasteiger partial charge in [0.05, 0.1) is 6.61 Å². The number of rotatable bonds is 2. The molecular weight excluding hydrogens is 247 g/mol. The summed E-state index contributed by atoms with van der Waals surface area (Å²) in [4.78, 5) is 18.0. The summed E-state index contributed by atoms with van der Waals surface area (Å²) >= 11 is 0. The normalized spacial score (nSPS) is 6.57. The molecule has 0 unspecified atom stereocenters. The molecule has 0 spiro atoms. The van der Waals surface area contributed by atoms with Gasteiger partial charge in [0, 0.05) is 39.9 Å². The van der Waals surface area contributed by atoms with Crippen molar-refractivity contribution in [2.45, 2.75) is 13.8 Å². The maximum atomic E-state index is 9.00. The maximum Gasteiger partial charge on any atom is 0.300 e. The molecule has 0 aromatic carbocycles. The van der Waals surface area contributed by atoms with Gasteiger partial charge in [0.25, 0.3) is 11.9 Å². The predicted molar refractivity (Wildman–Crippen MR) is 43.5 cm³/mol. The molecule has 0 aliphatic heterocycles. The first-order valence-electron chi connectivity index (χ1n) is 3.25. The van der Waals surface area contributed by atoms with E-state index >= 15 is 0 Å². The average molecular weight is 263 g/mol. The van der Waals surface area contributed by atoms with Crippen molar-refractivity contribution < 1.29 is 49.6 Å². The first kappa shape index (κ1) is 23.3. The van der Waals surface area contributed by atoms with Crippen LogP contribution in [0.25, 0.3) is 0 Å². The summed E-state index contributed by atoms with van der Waals surface area (Å²) in [6, 6.07) is 0. The molecule has 0 aliphatic rings. The Labute approximate surface area is 94.5 Å². The van der Waals surface area contributed by atoms with Gasteiger partial charge in [0.2, 0.25) is 0 Å². The Morgan fingerprint density at radius 3 is 1.36 bits per heavy atom. The molecule has 0 saturated heterocycles. The molecule has 0 aromatic heterocycles. The molecular formula is C6H15NO6Zn. The molecule has 0 bridgehead atoms. The third kappa shape index (κ3) is 599. The van der Waals surface area contributed by atoms with E-state index in [-0.39, 0.29) is 32.6 Å². The van der Waals surface area contributed by atoms with Crippen molar-refractivity contribution >= 4 is 11.9 Å². The van der Waals surface area contributed by atoms with Crippen molar-refractivity contribution in [3.05, 3.63) is 0 Å². The van der Waals surface area contributed by atoms with Crippen molar-refractivity contribution in [3.8, 4) is 0 Å². The van der Waals surface area contributed by atoms with Crippen LogP contribution in [0, 0.1) is 0 Å². The number of aliphatic hydroxyl groups excluding tert-OH is 1. The second-order valence-electron chi connectivity index (χ2n) is 1.67. The van der Waals surface area contributed by atoms with Gasteiger partial charge in [-0.25, -0.2) is 5.48 Å². The smallest absolute Gasteiger partial charge is 0.300 e. The van der Waals surface area contributed by atoms with Gasteiger partial charge in [0.1, 0.15) is 0 Å². The minimum atomic E-state index is -0.833. The summed E-state index contributed by atoms with van der Waals surface area (Å²) in [7, 11) is 0. The van der Waals surface area contributed by atoms with Crippen LogP contribution in [0.5, 0.6) is 0 Å². The van der Waals surface area contributed by atoms with Crippen LogP contribution in [-0.2, 0) is 29.1 Å². The van der Waals surface area contributed by atoms with E-state index in [1.807, 2.05) is 0 Å². The van der Waals surface area contributed by atoms with Gasteiger partial charge in [-0.15, -0.1) is 0 Å². The number of hydrogen-bond acceptors (Lipinski definition) is 5. The van der Waals surface area contributed by atoms with Crippen LogP contribution in [0.1, 0.15) is 13.8 Å². The zero-order chi connectivity index (χ0) is 11.3. The Balaban J connectivity index is -0.0000000522. The first-order chi connectivity index (χ1) is 5.88. The number of aliphatic carboxylic acids is 2. The number of hydrogen-bond donors (Lipinski definition) is 5. The topological polar surface area (TPSA) is 127 Å². The molecule has 0 aromatic rings. The van der Waals surface area contributed by atoms with Gasteiger partial charge in [-0.1, -0.05) is 0 Å². The summed E-state index contributed by atoms with van der Waals surface area (Å²) in [5.41, 5.74) is 1.77. The van der Waals surface area contributed by atoms with Crippen LogP contribution < -0.4 is 5.48 Å². The fourth-order valence-corrected chi connectivity index (χ4v) is 0.0500. The Morgan fingerprint density at radius 2 is 1.36 bits per heavy atom. The SMILES string of the molecule is CC(=O)O.CC(=O)O.OCCNO.[Zn]. The molecule has 0 saturated carbocycles. The number of aliphatic hydroxyl groups is 1. The Hall–Kier alpha value is -0.557. The maximum absolute atomic E-state index is 9.00. The van der Waals surface area contributed by atoms with E-state index in [9.17, 15) is 0 Å². The Morgan fingerprint density at radius 1 is 1.14 bits per heavy atom. The van der Waals surface area contributed by atoms with Gasteiger partial charge < -0.3 is 20.5 Å². The van der Waals surface area contributed by atoms with Gasteiger partial charge in [-0.3, -0.25) is 9.59 Å². The molecule has 0 amide bonds. The van der Waals surface area contributed by atoms with Crippen molar-refractivity contribution in [1.82, 2.24) is 5.48 Å². The molecule has 82 valence electrons. The van der Waals surface area contributed by atoms with Crippen LogP contribution >= 0.6 is 0 Å². The zero-order valence-corrected chi connectivity index (χ0v) is 11.2. The van der Waals surface area contributed by atoms with E-state index in [0.717, 1.165) is 13.8 Å². The number of hydroxylamine groups is 1. The summed E-state index contributed by atoms with van der Waals surface area (Å²) in [5.74, 6) is -1.67. The third-order valence-electron chi connectivity index (χ3n) is 0.224. The summed E-state index contributed by atoms with van der Waals surface area (Å²) in [5, 5.41) is 30.3. The molecule has 0 rings (SSSR count). The second kappa shape index (κ2) is 22.9. The summed E-state index contributed by atoms with van der Waals surface area (Å²) < 4.78 is 0. The van der Waals surface area contributed by atoms with Crippen molar-refractivity contribution in [3.63, 3.8) is 0 Å². The van der Waals surface area contributed by atoms with Gasteiger partial charge in [-0.05, 0) is 0 Å². The average Bonchev–Trinajstić information content (AvgIpc) is 1.86. The third-order valence-corrected chi connectivity index (χ3v) is 0.224. The van der Waals surface area contributed by atoms with Gasteiger partial charge >= 0.3 is 0 Å². The molecule has 0 radical (unpaired) electrons. The van der Waals surface area contributed by atoms with Crippen LogP contribution in [0.3, 0.4) is 0 Å². The fraction of sp³-hybridized carbons (Fsp3) is 0.667. The minimum Gasteiger partial charge on any atom is -0.481 e. The quantitative estimate of drug-likeness (QED) is 0.323. The Kier molecular flexibility index (Phi) is 38.1. The van der Waals surface area contributed by atoms with Gasteiger partial charge in [-0.2, -0.15) is 0 Å².